The number of nitrogens with zero attached hydrogens (tertiary/aromatic N) is 5. The van der Waals surface area contributed by atoms with Crippen molar-refractivity contribution in [2.45, 2.75) is 43.2 Å². The van der Waals surface area contributed by atoms with Gasteiger partial charge in [-0.25, -0.2) is 19.3 Å². The molecule has 3 aliphatic rings. The normalized spacial score (nSPS) is 22.6. The molecule has 3 aromatic heterocycles. The predicted molar refractivity (Wildman–Crippen MR) is 116 cm³/mol. The summed E-state index contributed by atoms with van der Waals surface area (Å²) in [4.78, 5) is 27.4. The maximum Gasteiger partial charge on any atom is 0.222 e. The van der Waals surface area contributed by atoms with Crippen LogP contribution < -0.4 is 0 Å². The number of carbonyl (C=O) groups is 1. The number of carbonyl (C=O) groups excluding carboxylic acids is 1. The number of amides is 1. The molecular weight excluding hydrogens is 425 g/mol. The molecule has 2 atom stereocenters. The number of aryl methyl sites for hydroxylation is 1. The number of aromatic nitrogens is 4. The second-order valence-electron chi connectivity index (χ2n) is 8.45. The lowest BCUT2D eigenvalue weighted by molar-refractivity contribution is -0.128. The van der Waals surface area contributed by atoms with Gasteiger partial charge in [0, 0.05) is 44.6 Å². The van der Waals surface area contributed by atoms with Crippen molar-refractivity contribution in [3.05, 3.63) is 23.0 Å². The molecule has 0 N–H and O–H groups in total. The summed E-state index contributed by atoms with van der Waals surface area (Å²) in [6.07, 6.45) is 8.10. The van der Waals surface area contributed by atoms with E-state index in [9.17, 15) is 9.18 Å². The van der Waals surface area contributed by atoms with Crippen LogP contribution in [0, 0.1) is 17.7 Å². The zero-order valence-electron chi connectivity index (χ0n) is 17.2. The van der Waals surface area contributed by atoms with Crippen molar-refractivity contribution in [2.24, 2.45) is 11.8 Å². The van der Waals surface area contributed by atoms with Gasteiger partial charge >= 0.3 is 0 Å². The van der Waals surface area contributed by atoms with Gasteiger partial charge in [-0.05, 0) is 37.4 Å². The fraction of sp³-hybridized carbons (Fsp3) is 0.524. The number of thioether (sulfide) groups is 1. The molecule has 0 aromatic carbocycles. The molecule has 3 heterocycles. The number of rotatable bonds is 5. The molecule has 3 aromatic rings. The topological polar surface area (TPSA) is 63.9 Å². The zero-order valence-corrected chi connectivity index (χ0v) is 18.7. The lowest BCUT2D eigenvalue weighted by atomic mass is 9.78. The Labute approximate surface area is 183 Å². The first-order valence-corrected chi connectivity index (χ1v) is 11.8. The molecule has 3 saturated carbocycles. The van der Waals surface area contributed by atoms with Crippen LogP contribution in [-0.4, -0.2) is 50.7 Å². The molecule has 0 aliphatic heterocycles. The Morgan fingerprint density at radius 2 is 2.03 bits per heavy atom. The molecule has 0 radical (unpaired) electrons. The lowest BCUT2D eigenvalue weighted by Crippen LogP contribution is -2.32. The molecule has 6 rings (SSSR count). The van der Waals surface area contributed by atoms with Gasteiger partial charge in [-0.3, -0.25) is 4.79 Å². The van der Waals surface area contributed by atoms with Gasteiger partial charge in [-0.1, -0.05) is 11.6 Å². The van der Waals surface area contributed by atoms with Crippen LogP contribution in [0.4, 0.5) is 4.39 Å². The van der Waals surface area contributed by atoms with Crippen molar-refractivity contribution in [1.29, 1.82) is 0 Å². The molecule has 0 spiro atoms. The molecule has 0 saturated heterocycles. The summed E-state index contributed by atoms with van der Waals surface area (Å²) in [6, 6.07) is 0.346. The van der Waals surface area contributed by atoms with Gasteiger partial charge < -0.3 is 9.47 Å². The first kappa shape index (κ1) is 20.0. The highest BCUT2D eigenvalue weighted by atomic mass is 35.5. The van der Waals surface area contributed by atoms with Gasteiger partial charge in [-0.15, -0.1) is 11.8 Å². The average Bonchev–Trinajstić information content (AvgIpc) is 3.44. The van der Waals surface area contributed by atoms with Gasteiger partial charge in [0.1, 0.15) is 21.9 Å². The van der Waals surface area contributed by atoms with Crippen LogP contribution in [0.5, 0.6) is 0 Å². The monoisotopic (exact) mass is 447 g/mol. The van der Waals surface area contributed by atoms with Crippen molar-refractivity contribution < 1.29 is 9.18 Å². The number of pyridine rings is 2. The Kier molecular flexibility index (Phi) is 4.89. The van der Waals surface area contributed by atoms with Gasteiger partial charge in [0.15, 0.2) is 11.0 Å². The summed E-state index contributed by atoms with van der Waals surface area (Å²) in [5.74, 6) is 1.57. The van der Waals surface area contributed by atoms with Gasteiger partial charge in [-0.2, -0.15) is 0 Å². The Morgan fingerprint density at radius 1 is 1.30 bits per heavy atom. The molecule has 6 nitrogen and oxygen atoms in total. The average molecular weight is 448 g/mol. The van der Waals surface area contributed by atoms with E-state index in [2.05, 4.69) is 14.5 Å². The van der Waals surface area contributed by atoms with Crippen molar-refractivity contribution in [3.63, 3.8) is 0 Å². The standard InChI is InChI=1S/C21H23ClFN5OS/c1-27(2)14(29)7-6-13-25-17-19(28(13)18-10-4-5-11(18)8-10)12-9-24-20(22)15(23)16(12)26-21(17)30-3/h9-11,18H,4-8H2,1-3H3. The highest BCUT2D eigenvalue weighted by molar-refractivity contribution is 7.98. The number of halogens is 2. The third-order valence-electron chi connectivity index (χ3n) is 6.64. The van der Waals surface area contributed by atoms with Crippen molar-refractivity contribution in [2.75, 3.05) is 20.4 Å². The van der Waals surface area contributed by atoms with E-state index in [0.717, 1.165) is 16.9 Å². The highest BCUT2D eigenvalue weighted by Gasteiger charge is 2.49. The molecule has 3 aliphatic carbocycles. The number of imidazole rings is 1. The maximum atomic E-state index is 14.8. The number of hydrogen-bond donors (Lipinski definition) is 0. The minimum Gasteiger partial charge on any atom is -0.349 e. The first-order valence-electron chi connectivity index (χ1n) is 10.2. The van der Waals surface area contributed by atoms with E-state index in [4.69, 9.17) is 16.6 Å². The quantitative estimate of drug-likeness (QED) is 0.426. The van der Waals surface area contributed by atoms with E-state index in [-0.39, 0.29) is 16.6 Å². The fourth-order valence-electron chi connectivity index (χ4n) is 5.14. The summed E-state index contributed by atoms with van der Waals surface area (Å²) < 4.78 is 17.1. The Hall–Kier alpha value is -1.93. The molecule has 158 valence electrons. The summed E-state index contributed by atoms with van der Waals surface area (Å²) in [6.45, 7) is 0. The molecule has 1 amide bonds. The molecule has 2 unspecified atom stereocenters. The van der Waals surface area contributed by atoms with E-state index in [0.29, 0.717) is 41.1 Å². The smallest absolute Gasteiger partial charge is 0.222 e. The van der Waals surface area contributed by atoms with Crippen molar-refractivity contribution in [1.82, 2.24) is 24.4 Å². The second-order valence-corrected chi connectivity index (χ2v) is 9.61. The van der Waals surface area contributed by atoms with Crippen LogP contribution in [0.3, 0.4) is 0 Å². The largest absolute Gasteiger partial charge is 0.349 e. The van der Waals surface area contributed by atoms with Crippen LogP contribution >= 0.6 is 23.4 Å². The van der Waals surface area contributed by atoms with Gasteiger partial charge in [0.2, 0.25) is 5.91 Å². The summed E-state index contributed by atoms with van der Waals surface area (Å²) in [5, 5.41) is 1.13. The summed E-state index contributed by atoms with van der Waals surface area (Å²) in [7, 11) is 3.53. The van der Waals surface area contributed by atoms with Crippen molar-refractivity contribution in [3.8, 4) is 0 Å². The third kappa shape index (κ3) is 2.91. The minimum atomic E-state index is -0.597. The summed E-state index contributed by atoms with van der Waals surface area (Å²) in [5.41, 5.74) is 1.87. The predicted octanol–water partition coefficient (Wildman–Crippen LogP) is 4.49. The van der Waals surface area contributed by atoms with Crippen LogP contribution in [0.2, 0.25) is 5.15 Å². The van der Waals surface area contributed by atoms with E-state index >= 15 is 0 Å². The summed E-state index contributed by atoms with van der Waals surface area (Å²) >= 11 is 7.39. The van der Waals surface area contributed by atoms with Gasteiger partial charge in [0.05, 0.1) is 5.52 Å². The molecule has 3 fully saturated rings. The molecular formula is C21H23ClFN5OS. The number of hydrogen-bond acceptors (Lipinski definition) is 5. The highest BCUT2D eigenvalue weighted by Crippen LogP contribution is 2.57. The van der Waals surface area contributed by atoms with E-state index in [1.807, 2.05) is 6.26 Å². The van der Waals surface area contributed by atoms with Crippen LogP contribution in [0.1, 0.15) is 37.5 Å². The van der Waals surface area contributed by atoms with E-state index < -0.39 is 5.82 Å². The fourth-order valence-corrected chi connectivity index (χ4v) is 5.80. The van der Waals surface area contributed by atoms with E-state index in [1.165, 1.54) is 31.0 Å². The molecule has 30 heavy (non-hydrogen) atoms. The van der Waals surface area contributed by atoms with Crippen molar-refractivity contribution >= 4 is 51.2 Å². The molecule has 9 heteroatoms. The van der Waals surface area contributed by atoms with Crippen LogP contribution in [0.25, 0.3) is 21.9 Å². The Bertz CT molecular complexity index is 1170. The Balaban J connectivity index is 1.76. The maximum absolute atomic E-state index is 14.8. The lowest BCUT2D eigenvalue weighted by Gasteiger charge is -2.38. The Morgan fingerprint density at radius 3 is 2.67 bits per heavy atom. The SMILES string of the molecule is CSc1nc2c(F)c(Cl)ncc2c2c1nc(CCC(=O)N(C)C)n2C1C2CCC1C2. The van der Waals surface area contributed by atoms with E-state index in [1.54, 1.807) is 25.2 Å². The van der Waals surface area contributed by atoms with Crippen LogP contribution in [0.15, 0.2) is 11.2 Å². The van der Waals surface area contributed by atoms with Gasteiger partial charge in [0.25, 0.3) is 0 Å². The molecule has 2 bridgehead atoms. The third-order valence-corrected chi connectivity index (χ3v) is 7.57. The first-order chi connectivity index (χ1) is 14.4. The van der Waals surface area contributed by atoms with Crippen LogP contribution in [-0.2, 0) is 11.2 Å². The minimum absolute atomic E-state index is 0.0674. The second kappa shape index (κ2) is 7.34. The number of fused-ring (bicyclic) bond motifs is 4. The zero-order chi connectivity index (χ0) is 21.2.